The molecule has 0 N–H and O–H groups in total. The van der Waals surface area contributed by atoms with Gasteiger partial charge in [-0.2, -0.15) is 4.57 Å². The van der Waals surface area contributed by atoms with Crippen LogP contribution in [0.5, 0.6) is 5.75 Å². The average Bonchev–Trinajstić information content (AvgIpc) is 3.54. The predicted molar refractivity (Wildman–Crippen MR) is 172 cm³/mol. The van der Waals surface area contributed by atoms with Gasteiger partial charge in [0.25, 0.3) is 5.01 Å². The van der Waals surface area contributed by atoms with E-state index in [1.807, 2.05) is 11.8 Å². The van der Waals surface area contributed by atoms with E-state index in [4.69, 9.17) is 4.74 Å². The first-order chi connectivity index (χ1) is 19.8. The van der Waals surface area contributed by atoms with Gasteiger partial charge in [-0.3, -0.25) is 0 Å². The Labute approximate surface area is 244 Å². The third-order valence-electron chi connectivity index (χ3n) is 6.82. The van der Waals surface area contributed by atoms with Gasteiger partial charge in [0.2, 0.25) is 5.52 Å². The fraction of sp³-hybridized carbons (Fsp3) is 0.114. The number of hydrogen-bond acceptors (Lipinski definition) is 4. The zero-order valence-electron chi connectivity index (χ0n) is 22.4. The van der Waals surface area contributed by atoms with E-state index < -0.39 is 0 Å². The molecular formula is C35H31N2OS2+. The molecule has 1 aliphatic rings. The lowest BCUT2D eigenvalue weighted by atomic mass is 10.1. The monoisotopic (exact) mass is 559 g/mol. The minimum Gasteiger partial charge on any atom is -0.487 e. The summed E-state index contributed by atoms with van der Waals surface area (Å²) in [6.45, 7) is 4.54. The first kappa shape index (κ1) is 26.2. The number of fused-ring (bicyclic) bond motifs is 3. The summed E-state index contributed by atoms with van der Waals surface area (Å²) < 4.78 is 9.79. The lowest BCUT2D eigenvalue weighted by Crippen LogP contribution is -2.37. The zero-order chi connectivity index (χ0) is 27.1. The molecule has 1 aromatic heterocycles. The minimum atomic E-state index is 0.606. The molecule has 0 unspecified atom stereocenters. The number of thiazole rings is 1. The quantitative estimate of drug-likeness (QED) is 0.132. The predicted octanol–water partition coefficient (Wildman–Crippen LogP) is 9.02. The SMILES string of the molecule is CCN1C(=CC=CC=CC=Cc2sc3ccccc3[n+]2CCOc2ccc3ccccc3c2)Sc2ccccc21. The van der Waals surface area contributed by atoms with Gasteiger partial charge in [0.05, 0.1) is 10.7 Å². The van der Waals surface area contributed by atoms with E-state index in [1.54, 1.807) is 11.3 Å². The highest BCUT2D eigenvalue weighted by Gasteiger charge is 2.22. The number of allylic oxidation sites excluding steroid dienone is 6. The fourth-order valence-corrected chi connectivity index (χ4v) is 7.13. The van der Waals surface area contributed by atoms with Crippen molar-refractivity contribution in [2.75, 3.05) is 18.1 Å². The second-order valence-electron chi connectivity index (χ2n) is 9.36. The number of ether oxygens (including phenoxy) is 1. The van der Waals surface area contributed by atoms with Crippen molar-refractivity contribution in [2.24, 2.45) is 0 Å². The number of rotatable bonds is 9. The van der Waals surface area contributed by atoms with Gasteiger partial charge in [0, 0.05) is 23.6 Å². The molecule has 0 amide bonds. The molecule has 0 atom stereocenters. The molecule has 2 heterocycles. The van der Waals surface area contributed by atoms with Gasteiger partial charge in [0.1, 0.15) is 17.1 Å². The van der Waals surface area contributed by atoms with E-state index >= 15 is 0 Å². The van der Waals surface area contributed by atoms with E-state index in [2.05, 4.69) is 150 Å². The van der Waals surface area contributed by atoms with Crippen molar-refractivity contribution in [3.05, 3.63) is 137 Å². The van der Waals surface area contributed by atoms with Crippen LogP contribution in [0.15, 0.2) is 137 Å². The molecule has 0 saturated carbocycles. The van der Waals surface area contributed by atoms with Crippen LogP contribution in [-0.2, 0) is 6.54 Å². The van der Waals surface area contributed by atoms with Crippen LogP contribution in [0.3, 0.4) is 0 Å². The van der Waals surface area contributed by atoms with Crippen LogP contribution in [0, 0.1) is 0 Å². The molecule has 0 saturated heterocycles. The number of para-hydroxylation sites is 2. The Kier molecular flexibility index (Phi) is 8.12. The van der Waals surface area contributed by atoms with Crippen molar-refractivity contribution in [3.8, 4) is 5.75 Å². The van der Waals surface area contributed by atoms with E-state index in [9.17, 15) is 0 Å². The van der Waals surface area contributed by atoms with E-state index in [0.29, 0.717) is 6.61 Å². The van der Waals surface area contributed by atoms with Crippen LogP contribution in [-0.4, -0.2) is 13.2 Å². The Morgan fingerprint density at radius 3 is 2.50 bits per heavy atom. The van der Waals surface area contributed by atoms with Crippen LogP contribution in [0.25, 0.3) is 27.1 Å². The Morgan fingerprint density at radius 2 is 1.57 bits per heavy atom. The van der Waals surface area contributed by atoms with E-state index in [1.165, 1.54) is 41.6 Å². The summed E-state index contributed by atoms with van der Waals surface area (Å²) in [7, 11) is 0. The molecule has 0 spiro atoms. The fourth-order valence-electron chi connectivity index (χ4n) is 4.89. The van der Waals surface area contributed by atoms with Gasteiger partial charge < -0.3 is 9.64 Å². The van der Waals surface area contributed by atoms with Gasteiger partial charge in [0.15, 0.2) is 6.54 Å². The third-order valence-corrected chi connectivity index (χ3v) is 9.08. The molecule has 0 fully saturated rings. The number of hydrogen-bond donors (Lipinski definition) is 0. The lowest BCUT2D eigenvalue weighted by Gasteiger charge is -2.17. The number of benzene rings is 4. The summed E-state index contributed by atoms with van der Waals surface area (Å²) in [6.07, 6.45) is 14.9. The molecule has 3 nitrogen and oxygen atoms in total. The van der Waals surface area contributed by atoms with Gasteiger partial charge in [-0.05, 0) is 54.1 Å². The van der Waals surface area contributed by atoms with Crippen LogP contribution in [0.2, 0.25) is 0 Å². The van der Waals surface area contributed by atoms with Crippen LogP contribution < -0.4 is 14.2 Å². The van der Waals surface area contributed by atoms with Crippen LogP contribution in [0.4, 0.5) is 5.69 Å². The van der Waals surface area contributed by atoms with Crippen molar-refractivity contribution >= 4 is 55.9 Å². The molecule has 198 valence electrons. The maximum Gasteiger partial charge on any atom is 0.262 e. The number of aromatic nitrogens is 1. The van der Waals surface area contributed by atoms with Gasteiger partial charge in [-0.15, -0.1) is 0 Å². The summed E-state index contributed by atoms with van der Waals surface area (Å²) in [5.41, 5.74) is 2.53. The lowest BCUT2D eigenvalue weighted by molar-refractivity contribution is -0.669. The second kappa shape index (κ2) is 12.4. The summed E-state index contributed by atoms with van der Waals surface area (Å²) in [5, 5.41) is 4.90. The smallest absolute Gasteiger partial charge is 0.262 e. The number of anilines is 1. The Morgan fingerprint density at radius 1 is 0.800 bits per heavy atom. The average molecular weight is 560 g/mol. The molecular weight excluding hydrogens is 529 g/mol. The van der Waals surface area contributed by atoms with Crippen molar-refractivity contribution < 1.29 is 9.30 Å². The Hall–Kier alpha value is -4.06. The van der Waals surface area contributed by atoms with Crippen LogP contribution in [0.1, 0.15) is 11.9 Å². The highest BCUT2D eigenvalue weighted by Crippen LogP contribution is 2.45. The molecule has 40 heavy (non-hydrogen) atoms. The summed E-state index contributed by atoms with van der Waals surface area (Å²) in [4.78, 5) is 3.68. The highest BCUT2D eigenvalue weighted by molar-refractivity contribution is 8.03. The number of thioether (sulfide) groups is 1. The van der Waals surface area contributed by atoms with Crippen molar-refractivity contribution in [2.45, 2.75) is 18.4 Å². The molecule has 5 aromatic rings. The highest BCUT2D eigenvalue weighted by atomic mass is 32.2. The molecule has 6 rings (SSSR count). The second-order valence-corrected chi connectivity index (χ2v) is 11.5. The summed E-state index contributed by atoms with van der Waals surface area (Å²) in [6, 6.07) is 31.8. The first-order valence-corrected chi connectivity index (χ1v) is 15.2. The Bertz CT molecular complexity index is 1760. The normalized spacial score (nSPS) is 14.5. The molecule has 4 aromatic carbocycles. The topological polar surface area (TPSA) is 16.4 Å². The minimum absolute atomic E-state index is 0.606. The maximum absolute atomic E-state index is 6.17. The van der Waals surface area contributed by atoms with E-state index in [-0.39, 0.29) is 0 Å². The summed E-state index contributed by atoms with van der Waals surface area (Å²) >= 11 is 3.63. The number of nitrogens with zero attached hydrogens (tertiary/aromatic N) is 2. The third kappa shape index (κ3) is 5.76. The largest absolute Gasteiger partial charge is 0.487 e. The molecule has 0 aliphatic carbocycles. The van der Waals surface area contributed by atoms with Crippen LogP contribution >= 0.6 is 23.1 Å². The molecule has 0 bridgehead atoms. The maximum atomic E-state index is 6.17. The van der Waals surface area contributed by atoms with Gasteiger partial charge >= 0.3 is 0 Å². The van der Waals surface area contributed by atoms with Crippen molar-refractivity contribution in [3.63, 3.8) is 0 Å². The zero-order valence-corrected chi connectivity index (χ0v) is 24.1. The van der Waals surface area contributed by atoms with E-state index in [0.717, 1.165) is 18.8 Å². The molecule has 0 radical (unpaired) electrons. The molecule has 5 heteroatoms. The van der Waals surface area contributed by atoms with Gasteiger partial charge in [-0.25, -0.2) is 0 Å². The summed E-state index contributed by atoms with van der Waals surface area (Å²) in [5.74, 6) is 0.905. The first-order valence-electron chi connectivity index (χ1n) is 13.6. The Balaban J connectivity index is 1.11. The molecule has 1 aliphatic heterocycles. The van der Waals surface area contributed by atoms with Crippen molar-refractivity contribution in [1.29, 1.82) is 0 Å². The van der Waals surface area contributed by atoms with Crippen molar-refractivity contribution in [1.82, 2.24) is 0 Å². The standard InChI is InChI=1S/C35H31N2OS2/c1-2-36-30-16-10-12-18-32(30)39-34(36)20-6-4-3-5-7-21-35-37(31-17-11-13-19-33(31)40-35)24-25-38-29-23-22-27-14-8-9-15-28(27)26-29/h3-23,26H,2,24-25H2,1H3/q+1. The van der Waals surface area contributed by atoms with Gasteiger partial charge in [-0.1, -0.05) is 108 Å².